The lowest BCUT2D eigenvalue weighted by Crippen LogP contribution is -2.07. The molecule has 0 fully saturated rings. The van der Waals surface area contributed by atoms with E-state index >= 15 is 0 Å². The monoisotopic (exact) mass is 334 g/mol. The highest BCUT2D eigenvalue weighted by molar-refractivity contribution is 5.93. The number of hydrogen-bond donors (Lipinski definition) is 3. The minimum atomic E-state index is -4.36. The number of aliphatic hydroxyl groups is 1. The number of fused-ring (bicyclic) bond motifs is 1. The normalized spacial score (nSPS) is 13.3. The SMILES string of the molecule is Nc1cccc2c(C(CCO)c3ccc(C(F)(F)F)cc3)c[nH]c12. The molecule has 4 N–H and O–H groups in total. The van der Waals surface area contributed by atoms with Gasteiger partial charge in [0, 0.05) is 24.1 Å². The van der Waals surface area contributed by atoms with E-state index in [0.29, 0.717) is 12.1 Å². The van der Waals surface area contributed by atoms with Gasteiger partial charge in [-0.15, -0.1) is 0 Å². The van der Waals surface area contributed by atoms with Crippen LogP contribution in [0.25, 0.3) is 10.9 Å². The molecule has 24 heavy (non-hydrogen) atoms. The molecule has 6 heteroatoms. The van der Waals surface area contributed by atoms with Gasteiger partial charge in [0.1, 0.15) is 0 Å². The van der Waals surface area contributed by atoms with E-state index in [1.165, 1.54) is 12.1 Å². The molecule has 3 nitrogen and oxygen atoms in total. The topological polar surface area (TPSA) is 62.0 Å². The lowest BCUT2D eigenvalue weighted by molar-refractivity contribution is -0.137. The van der Waals surface area contributed by atoms with Crippen molar-refractivity contribution in [2.45, 2.75) is 18.5 Å². The first-order chi connectivity index (χ1) is 11.4. The van der Waals surface area contributed by atoms with E-state index in [0.717, 1.165) is 34.2 Å². The summed E-state index contributed by atoms with van der Waals surface area (Å²) in [6, 6.07) is 10.6. The molecular formula is C18H17F3N2O. The zero-order valence-electron chi connectivity index (χ0n) is 12.8. The first-order valence-electron chi connectivity index (χ1n) is 7.55. The molecule has 3 aromatic rings. The summed E-state index contributed by atoms with van der Waals surface area (Å²) in [5.74, 6) is -0.215. The standard InChI is InChI=1S/C18H17F3N2O/c19-18(20,21)12-6-4-11(5-7-12)13(8-9-24)15-10-23-17-14(15)2-1-3-16(17)22/h1-7,10,13,23-24H,8-9,22H2. The number of halogens is 3. The van der Waals surface area contributed by atoms with Crippen LogP contribution < -0.4 is 5.73 Å². The minimum Gasteiger partial charge on any atom is -0.397 e. The number of aliphatic hydroxyl groups excluding tert-OH is 1. The molecule has 0 bridgehead atoms. The van der Waals surface area contributed by atoms with Crippen LogP contribution in [-0.4, -0.2) is 16.7 Å². The first-order valence-corrected chi connectivity index (χ1v) is 7.55. The fourth-order valence-corrected chi connectivity index (χ4v) is 3.02. The molecule has 0 spiro atoms. The quantitative estimate of drug-likeness (QED) is 0.624. The van der Waals surface area contributed by atoms with Gasteiger partial charge in [-0.05, 0) is 35.7 Å². The molecule has 1 aromatic heterocycles. The van der Waals surface area contributed by atoms with E-state index in [9.17, 15) is 18.3 Å². The number of H-pyrrole nitrogens is 1. The number of rotatable bonds is 4. The fraction of sp³-hybridized carbons (Fsp3) is 0.222. The average molecular weight is 334 g/mol. The smallest absolute Gasteiger partial charge is 0.397 e. The van der Waals surface area contributed by atoms with Gasteiger partial charge in [0.25, 0.3) is 0 Å². The van der Waals surface area contributed by atoms with E-state index in [-0.39, 0.29) is 12.5 Å². The summed E-state index contributed by atoms with van der Waals surface area (Å²) in [7, 11) is 0. The number of aromatic amines is 1. The summed E-state index contributed by atoms with van der Waals surface area (Å²) in [5, 5.41) is 10.3. The Hall–Kier alpha value is -2.47. The number of alkyl halides is 3. The lowest BCUT2D eigenvalue weighted by Gasteiger charge is -2.17. The van der Waals surface area contributed by atoms with Crippen LogP contribution in [0, 0.1) is 0 Å². The van der Waals surface area contributed by atoms with Gasteiger partial charge in [-0.2, -0.15) is 13.2 Å². The molecule has 0 aliphatic carbocycles. The molecule has 0 saturated carbocycles. The van der Waals surface area contributed by atoms with Crippen LogP contribution >= 0.6 is 0 Å². The maximum atomic E-state index is 12.7. The predicted molar refractivity (Wildman–Crippen MR) is 87.7 cm³/mol. The second-order valence-electron chi connectivity index (χ2n) is 5.70. The number of nitrogens with one attached hydrogen (secondary N) is 1. The highest BCUT2D eigenvalue weighted by atomic mass is 19.4. The second kappa shape index (κ2) is 6.20. The summed E-state index contributed by atoms with van der Waals surface area (Å²) < 4.78 is 38.2. The summed E-state index contributed by atoms with van der Waals surface area (Å²) in [5.41, 5.74) is 8.29. The van der Waals surface area contributed by atoms with Crippen molar-refractivity contribution in [3.05, 3.63) is 65.4 Å². The molecule has 0 aliphatic rings. The number of para-hydroxylation sites is 1. The van der Waals surface area contributed by atoms with Crippen molar-refractivity contribution in [3.8, 4) is 0 Å². The van der Waals surface area contributed by atoms with Gasteiger partial charge in [-0.3, -0.25) is 0 Å². The van der Waals surface area contributed by atoms with Crippen molar-refractivity contribution >= 4 is 16.6 Å². The molecule has 0 amide bonds. The molecule has 126 valence electrons. The minimum absolute atomic E-state index is 0.0688. The number of benzene rings is 2. The van der Waals surface area contributed by atoms with Crippen LogP contribution in [0.3, 0.4) is 0 Å². The number of hydrogen-bond acceptors (Lipinski definition) is 2. The van der Waals surface area contributed by atoms with E-state index in [1.54, 1.807) is 12.3 Å². The molecule has 0 radical (unpaired) electrons. The highest BCUT2D eigenvalue weighted by Gasteiger charge is 2.30. The third-order valence-corrected chi connectivity index (χ3v) is 4.21. The summed E-state index contributed by atoms with van der Waals surface area (Å²) in [6.07, 6.45) is -2.15. The Balaban J connectivity index is 2.05. The van der Waals surface area contributed by atoms with Crippen molar-refractivity contribution in [1.29, 1.82) is 0 Å². The molecule has 3 rings (SSSR count). The lowest BCUT2D eigenvalue weighted by atomic mass is 9.88. The number of aromatic nitrogens is 1. The molecule has 1 heterocycles. The summed E-state index contributed by atoms with van der Waals surface area (Å²) in [4.78, 5) is 3.11. The fourth-order valence-electron chi connectivity index (χ4n) is 3.02. The van der Waals surface area contributed by atoms with Gasteiger partial charge < -0.3 is 15.8 Å². The Morgan fingerprint density at radius 1 is 1.08 bits per heavy atom. The zero-order valence-corrected chi connectivity index (χ0v) is 12.8. The largest absolute Gasteiger partial charge is 0.416 e. The number of nitrogen functional groups attached to an aromatic ring is 1. The van der Waals surface area contributed by atoms with E-state index in [4.69, 9.17) is 5.73 Å². The molecule has 0 saturated heterocycles. The van der Waals surface area contributed by atoms with Crippen molar-refractivity contribution < 1.29 is 18.3 Å². The molecule has 0 aliphatic heterocycles. The second-order valence-corrected chi connectivity index (χ2v) is 5.70. The maximum absolute atomic E-state index is 12.7. The molecular weight excluding hydrogens is 317 g/mol. The summed E-state index contributed by atoms with van der Waals surface area (Å²) in [6.45, 7) is -0.0688. The van der Waals surface area contributed by atoms with Crippen molar-refractivity contribution in [2.24, 2.45) is 0 Å². The van der Waals surface area contributed by atoms with Crippen LogP contribution in [-0.2, 0) is 6.18 Å². The van der Waals surface area contributed by atoms with Gasteiger partial charge in [-0.1, -0.05) is 24.3 Å². The Morgan fingerprint density at radius 2 is 1.79 bits per heavy atom. The maximum Gasteiger partial charge on any atom is 0.416 e. The third kappa shape index (κ3) is 2.97. The van der Waals surface area contributed by atoms with Gasteiger partial charge in [-0.25, -0.2) is 0 Å². The first kappa shape index (κ1) is 16.4. The van der Waals surface area contributed by atoms with Crippen molar-refractivity contribution in [1.82, 2.24) is 4.98 Å². The third-order valence-electron chi connectivity index (χ3n) is 4.21. The number of nitrogens with two attached hydrogens (primary N) is 1. The van der Waals surface area contributed by atoms with E-state index in [1.807, 2.05) is 12.1 Å². The Bertz CT molecular complexity index is 838. The van der Waals surface area contributed by atoms with E-state index < -0.39 is 11.7 Å². The Morgan fingerprint density at radius 3 is 2.42 bits per heavy atom. The van der Waals surface area contributed by atoms with Gasteiger partial charge >= 0.3 is 6.18 Å². The van der Waals surface area contributed by atoms with Crippen molar-refractivity contribution in [2.75, 3.05) is 12.3 Å². The predicted octanol–water partition coefficient (Wildman–Crippen LogP) is 4.28. The highest BCUT2D eigenvalue weighted by Crippen LogP contribution is 2.36. The van der Waals surface area contributed by atoms with Crippen LogP contribution in [0.5, 0.6) is 0 Å². The molecule has 1 unspecified atom stereocenters. The van der Waals surface area contributed by atoms with E-state index in [2.05, 4.69) is 4.98 Å². The average Bonchev–Trinajstić information content (AvgIpc) is 2.97. The Labute approximate surface area is 136 Å². The van der Waals surface area contributed by atoms with Crippen molar-refractivity contribution in [3.63, 3.8) is 0 Å². The molecule has 1 atom stereocenters. The van der Waals surface area contributed by atoms with Crippen LogP contribution in [0.4, 0.5) is 18.9 Å². The van der Waals surface area contributed by atoms with Crippen LogP contribution in [0.1, 0.15) is 29.0 Å². The molecule has 2 aromatic carbocycles. The summed E-state index contributed by atoms with van der Waals surface area (Å²) >= 11 is 0. The van der Waals surface area contributed by atoms with Gasteiger partial charge in [0.2, 0.25) is 0 Å². The van der Waals surface area contributed by atoms with Crippen LogP contribution in [0.2, 0.25) is 0 Å². The number of anilines is 1. The van der Waals surface area contributed by atoms with Gasteiger partial charge in [0.05, 0.1) is 16.8 Å². The van der Waals surface area contributed by atoms with Gasteiger partial charge in [0.15, 0.2) is 0 Å². The Kier molecular flexibility index (Phi) is 4.24. The van der Waals surface area contributed by atoms with Crippen LogP contribution in [0.15, 0.2) is 48.7 Å². The zero-order chi connectivity index (χ0) is 17.3.